The zero-order chi connectivity index (χ0) is 67.6. The summed E-state index contributed by atoms with van der Waals surface area (Å²) >= 11 is 0. The van der Waals surface area contributed by atoms with E-state index < -0.39 is 0 Å². The van der Waals surface area contributed by atoms with Crippen LogP contribution in [0.1, 0.15) is 126 Å². The maximum absolute atomic E-state index is 2.59. The summed E-state index contributed by atoms with van der Waals surface area (Å²) in [6.45, 7) is 19.2. The monoisotopic (exact) mass is 1280 g/mol. The van der Waals surface area contributed by atoms with Gasteiger partial charge >= 0.3 is 0 Å². The second-order valence-electron chi connectivity index (χ2n) is 29.9. The van der Waals surface area contributed by atoms with E-state index in [0.717, 1.165) is 59.8 Å². The first-order valence-electron chi connectivity index (χ1n) is 36.5. The van der Waals surface area contributed by atoms with Gasteiger partial charge in [0.1, 0.15) is 0 Å². The summed E-state index contributed by atoms with van der Waals surface area (Å²) in [6, 6.07) is 113. The second-order valence-corrected chi connectivity index (χ2v) is 29.9. The fraction of sp³-hybridized carbons (Fsp3) is 0.163. The predicted molar refractivity (Wildman–Crippen MR) is 425 cm³/mol. The van der Waals surface area contributed by atoms with E-state index in [9.17, 15) is 0 Å². The molecule has 2 heteroatoms. The minimum atomic E-state index is -0.205. The summed E-state index contributed by atoms with van der Waals surface area (Å²) < 4.78 is 0. The van der Waals surface area contributed by atoms with E-state index in [4.69, 9.17) is 0 Å². The summed E-state index contributed by atoms with van der Waals surface area (Å²) in [5, 5.41) is 9.69. The van der Waals surface area contributed by atoms with Gasteiger partial charge in [0.2, 0.25) is 0 Å². The summed E-state index contributed by atoms with van der Waals surface area (Å²) in [4.78, 5) is 5.18. The van der Waals surface area contributed by atoms with Gasteiger partial charge < -0.3 is 9.80 Å². The summed E-state index contributed by atoms with van der Waals surface area (Å²) in [5.41, 5.74) is 32.9. The first-order chi connectivity index (χ1) is 48.9. The van der Waals surface area contributed by atoms with Crippen molar-refractivity contribution in [2.75, 3.05) is 9.80 Å². The Morgan fingerprint density at radius 2 is 0.480 bits per heavy atom. The Morgan fingerprint density at radius 3 is 0.860 bits per heavy atom. The molecule has 0 aromatic heterocycles. The molecule has 0 saturated carbocycles. The van der Waals surface area contributed by atoms with Crippen LogP contribution in [-0.2, 0) is 21.7 Å². The molecule has 15 aromatic rings. The third-order valence-electron chi connectivity index (χ3n) is 24.8. The molecule has 0 atom stereocenters. The van der Waals surface area contributed by atoms with Crippen LogP contribution in [0.3, 0.4) is 0 Å². The normalized spacial score (nSPS) is 14.9. The van der Waals surface area contributed by atoms with Crippen molar-refractivity contribution in [1.82, 2.24) is 0 Å². The van der Waals surface area contributed by atoms with E-state index in [0.29, 0.717) is 0 Å². The molecular formula is C98H80N2. The zero-order valence-corrected chi connectivity index (χ0v) is 58.4. The Labute approximate surface area is 588 Å². The van der Waals surface area contributed by atoms with Crippen molar-refractivity contribution in [2.24, 2.45) is 0 Å². The molecule has 0 N–H and O–H groups in total. The third-order valence-corrected chi connectivity index (χ3v) is 24.8. The number of rotatable bonds is 12. The van der Waals surface area contributed by atoms with Crippen LogP contribution in [0.2, 0.25) is 0 Å². The first kappa shape index (κ1) is 60.1. The number of anilines is 6. The number of hydrogen-bond acceptors (Lipinski definition) is 2. The van der Waals surface area contributed by atoms with E-state index in [-0.39, 0.29) is 21.7 Å². The minimum absolute atomic E-state index is 0.119. The van der Waals surface area contributed by atoms with E-state index in [2.05, 4.69) is 356 Å². The fourth-order valence-corrected chi connectivity index (χ4v) is 19.7. The van der Waals surface area contributed by atoms with Crippen molar-refractivity contribution in [2.45, 2.75) is 103 Å². The Hall–Kier alpha value is -11.1. The molecule has 0 heterocycles. The van der Waals surface area contributed by atoms with E-state index in [1.54, 1.807) is 0 Å². The number of fused-ring (bicyclic) bond motifs is 16. The van der Waals surface area contributed by atoms with Crippen LogP contribution in [0, 0.1) is 0 Å². The fourth-order valence-electron chi connectivity index (χ4n) is 19.7. The molecule has 4 aliphatic rings. The van der Waals surface area contributed by atoms with E-state index >= 15 is 0 Å². The quantitative estimate of drug-likeness (QED) is 0.113. The zero-order valence-electron chi connectivity index (χ0n) is 58.4. The SMILES string of the molecule is CCC1(CC)c2ccccc2-c2ccc(N(c3ccc4c(c3)C(C)(C)c3ccccc3-4)c3ccc4c(-c5cccc6ccccc56)c5cc(N(c6ccc7c(c6)C(C)(C)c6ccccc6-7)c6ccc7c(c6)C(CC)(CC)c6ccccc6-7)ccc5c(-c5cccc6ccccc56)c4c3)cc21. The Bertz CT molecular complexity index is 5570. The number of nitrogens with zero attached hydrogens (tertiary/aromatic N) is 2. The van der Waals surface area contributed by atoms with Gasteiger partial charge in [-0.2, -0.15) is 0 Å². The molecule has 0 spiro atoms. The lowest BCUT2D eigenvalue weighted by atomic mass is 9.74. The largest absolute Gasteiger partial charge is 0.310 e. The first-order valence-corrected chi connectivity index (χ1v) is 36.5. The van der Waals surface area contributed by atoms with Gasteiger partial charge in [-0.25, -0.2) is 0 Å². The molecule has 0 radical (unpaired) electrons. The highest BCUT2D eigenvalue weighted by Crippen LogP contribution is 2.59. The van der Waals surface area contributed by atoms with Crippen molar-refractivity contribution < 1.29 is 0 Å². The molecule has 0 unspecified atom stereocenters. The van der Waals surface area contributed by atoms with Crippen LogP contribution in [0.25, 0.3) is 110 Å². The molecular weight excluding hydrogens is 1210 g/mol. The number of hydrogen-bond donors (Lipinski definition) is 0. The lowest BCUT2D eigenvalue weighted by Crippen LogP contribution is -2.23. The molecule has 15 aromatic carbocycles. The summed E-state index contributed by atoms with van der Waals surface area (Å²) in [7, 11) is 0. The average molecular weight is 1290 g/mol. The summed E-state index contributed by atoms with van der Waals surface area (Å²) in [5.74, 6) is 0. The molecule has 0 bridgehead atoms. The maximum atomic E-state index is 2.59. The molecule has 4 aliphatic carbocycles. The van der Waals surface area contributed by atoms with Crippen LogP contribution in [-0.4, -0.2) is 0 Å². The minimum Gasteiger partial charge on any atom is -0.310 e. The van der Waals surface area contributed by atoms with Crippen LogP contribution >= 0.6 is 0 Å². The van der Waals surface area contributed by atoms with Crippen LogP contribution in [0.15, 0.2) is 291 Å². The van der Waals surface area contributed by atoms with Gasteiger partial charge in [0.25, 0.3) is 0 Å². The van der Waals surface area contributed by atoms with E-state index in [1.165, 1.54) is 154 Å². The van der Waals surface area contributed by atoms with Crippen LogP contribution in [0.4, 0.5) is 34.1 Å². The van der Waals surface area contributed by atoms with Gasteiger partial charge in [0.05, 0.1) is 0 Å². The van der Waals surface area contributed by atoms with Crippen LogP contribution < -0.4 is 9.80 Å². The molecule has 2 nitrogen and oxygen atoms in total. The lowest BCUT2D eigenvalue weighted by molar-refractivity contribution is 0.490. The van der Waals surface area contributed by atoms with Crippen molar-refractivity contribution in [1.29, 1.82) is 0 Å². The Balaban J connectivity index is 0.907. The van der Waals surface area contributed by atoms with Gasteiger partial charge in [-0.1, -0.05) is 274 Å². The van der Waals surface area contributed by atoms with Gasteiger partial charge in [-0.3, -0.25) is 0 Å². The summed E-state index contributed by atoms with van der Waals surface area (Å²) in [6.07, 6.45) is 4.04. The average Bonchev–Trinajstić information content (AvgIpc) is 1.12. The van der Waals surface area contributed by atoms with Crippen molar-refractivity contribution in [3.05, 3.63) is 336 Å². The predicted octanol–water partition coefficient (Wildman–Crippen LogP) is 27.4. The van der Waals surface area contributed by atoms with Gasteiger partial charge in [-0.15, -0.1) is 0 Å². The highest BCUT2D eigenvalue weighted by Gasteiger charge is 2.44. The van der Waals surface area contributed by atoms with Gasteiger partial charge in [0, 0.05) is 55.8 Å². The van der Waals surface area contributed by atoms with E-state index in [1.807, 2.05) is 0 Å². The molecule has 0 saturated heterocycles. The molecule has 0 amide bonds. The van der Waals surface area contributed by atoms with Crippen molar-refractivity contribution in [3.8, 4) is 66.8 Å². The van der Waals surface area contributed by atoms with Crippen LogP contribution in [0.5, 0.6) is 0 Å². The topological polar surface area (TPSA) is 6.48 Å². The van der Waals surface area contributed by atoms with Crippen molar-refractivity contribution in [3.63, 3.8) is 0 Å². The molecule has 0 aliphatic heterocycles. The standard InChI is InChI=1S/C98H80N2/c1-9-97(10-2)87-41-23-19-35-73(87)77-51-45-67(59-91(77)97)99(65-43-49-75-71-33-17-21-39-85(71)95(5,6)89(75)57-65)63-47-53-81-83(55-63)93(79-37-25-29-61-27-13-15-31-69(61)79)82-54-48-64(56-84(82)94(81)80-38-26-30-62-28-14-16-32-70(62)80)100(66-44-50-76-72-34-18-22-40-86(72)96(7,8)90(76)58-66)68-46-52-78-74-36-20-24-42-88(74)98(11-3,12-4)92(78)60-68/h13-60H,9-12H2,1-8H3. The molecule has 0 fully saturated rings. The molecule has 100 heavy (non-hydrogen) atoms. The maximum Gasteiger partial charge on any atom is 0.0468 e. The lowest BCUT2D eigenvalue weighted by Gasteiger charge is -2.33. The Morgan fingerprint density at radius 1 is 0.210 bits per heavy atom. The highest BCUT2D eigenvalue weighted by molar-refractivity contribution is 6.26. The van der Waals surface area contributed by atoms with Crippen molar-refractivity contribution >= 4 is 77.2 Å². The highest BCUT2D eigenvalue weighted by atomic mass is 15.1. The smallest absolute Gasteiger partial charge is 0.0468 e. The molecule has 482 valence electrons. The van der Waals surface area contributed by atoms with Gasteiger partial charge in [-0.05, 0) is 253 Å². The Kier molecular flexibility index (Phi) is 13.4. The van der Waals surface area contributed by atoms with Gasteiger partial charge in [0.15, 0.2) is 0 Å². The number of benzene rings is 15. The molecule has 19 rings (SSSR count). The third kappa shape index (κ3) is 8.37. The second kappa shape index (κ2) is 22.2.